The number of carbonyl (C=O) groups is 1. The van der Waals surface area contributed by atoms with Gasteiger partial charge < -0.3 is 29.7 Å². The number of nitrogens with zero attached hydrogens (tertiary/aromatic N) is 3. The summed E-state index contributed by atoms with van der Waals surface area (Å²) < 4.78 is 10.9. The van der Waals surface area contributed by atoms with Crippen molar-refractivity contribution in [1.82, 2.24) is 15.1 Å². The lowest BCUT2D eigenvalue weighted by Crippen LogP contribution is -2.51. The molecule has 4 fully saturated rings. The van der Waals surface area contributed by atoms with E-state index in [1.807, 2.05) is 20.8 Å². The summed E-state index contributed by atoms with van der Waals surface area (Å²) in [5, 5.41) is 13.1. The highest BCUT2D eigenvalue weighted by molar-refractivity contribution is 5.80. The van der Waals surface area contributed by atoms with Crippen molar-refractivity contribution in [2.45, 2.75) is 128 Å². The third-order valence-corrected chi connectivity index (χ3v) is 8.07. The van der Waals surface area contributed by atoms with Gasteiger partial charge in [-0.05, 0) is 58.8 Å². The van der Waals surface area contributed by atoms with E-state index in [1.54, 1.807) is 4.90 Å². The lowest BCUT2D eigenvalue weighted by atomic mass is 9.95. The molecule has 2 saturated carbocycles. The van der Waals surface area contributed by atoms with Gasteiger partial charge in [-0.25, -0.2) is 9.79 Å². The van der Waals surface area contributed by atoms with E-state index >= 15 is 0 Å². The van der Waals surface area contributed by atoms with Crippen LogP contribution in [-0.4, -0.2) is 90.1 Å². The molecule has 0 atom stereocenters. The van der Waals surface area contributed by atoms with E-state index in [0.717, 1.165) is 32.7 Å². The number of nitrogens with one attached hydrogen (secondary N) is 1. The van der Waals surface area contributed by atoms with Crippen molar-refractivity contribution in [3.8, 4) is 0 Å². The van der Waals surface area contributed by atoms with Crippen LogP contribution in [0.25, 0.3) is 0 Å². The third kappa shape index (κ3) is 10.1. The maximum Gasteiger partial charge on any atom is 0.410 e. The van der Waals surface area contributed by atoms with Crippen molar-refractivity contribution in [1.29, 1.82) is 0 Å². The highest BCUT2D eigenvalue weighted by Crippen LogP contribution is 2.22. The minimum absolute atomic E-state index is 0.256. The Hall–Kier alpha value is -1.54. The molecule has 208 valence electrons. The summed E-state index contributed by atoms with van der Waals surface area (Å²) in [6.07, 6.45) is 15.0. The molecule has 8 heteroatoms. The number of piperidine rings is 1. The smallest absolute Gasteiger partial charge is 0.410 e. The number of aliphatic hydroxyl groups excluding tert-OH is 1. The van der Waals surface area contributed by atoms with Gasteiger partial charge in [-0.15, -0.1) is 0 Å². The maximum atomic E-state index is 11.7. The predicted octanol–water partition coefficient (Wildman–Crippen LogP) is 4.70. The van der Waals surface area contributed by atoms with Crippen LogP contribution in [0.5, 0.6) is 0 Å². The van der Waals surface area contributed by atoms with Crippen LogP contribution in [0.15, 0.2) is 4.99 Å². The first kappa shape index (κ1) is 29.0. The average Bonchev–Trinajstić information content (AvgIpc) is 2.90. The molecule has 1 amide bonds. The largest absolute Gasteiger partial charge is 0.443 e. The minimum atomic E-state index is -0.396. The number of aliphatic hydroxyl groups is 1. The molecule has 2 aliphatic carbocycles. The van der Waals surface area contributed by atoms with Crippen LogP contribution in [0, 0.1) is 0 Å². The van der Waals surface area contributed by atoms with Crippen molar-refractivity contribution < 1.29 is 19.4 Å². The number of hydrogen-bond acceptors (Lipinski definition) is 5. The number of ether oxygens (including phenoxy) is 2. The molecule has 0 aromatic carbocycles. The molecule has 2 heterocycles. The van der Waals surface area contributed by atoms with Gasteiger partial charge in [-0.1, -0.05) is 45.4 Å². The molecule has 0 unspecified atom stereocenters. The fraction of sp³-hybridized carbons (Fsp3) is 0.929. The van der Waals surface area contributed by atoms with E-state index < -0.39 is 5.60 Å². The van der Waals surface area contributed by atoms with Crippen molar-refractivity contribution in [3.63, 3.8) is 0 Å². The molecule has 0 aromatic heterocycles. The summed E-state index contributed by atoms with van der Waals surface area (Å²) >= 11 is 0. The zero-order valence-corrected chi connectivity index (χ0v) is 23.2. The maximum absolute atomic E-state index is 11.7. The molecule has 4 aliphatic rings. The Morgan fingerprint density at radius 2 is 1.50 bits per heavy atom. The van der Waals surface area contributed by atoms with Crippen molar-refractivity contribution in [2.24, 2.45) is 4.99 Å². The predicted molar refractivity (Wildman–Crippen MR) is 144 cm³/mol. The molecule has 0 aromatic rings. The van der Waals surface area contributed by atoms with E-state index in [1.165, 1.54) is 70.2 Å². The number of guanidine groups is 1. The lowest BCUT2D eigenvalue weighted by Gasteiger charge is -2.34. The van der Waals surface area contributed by atoms with Gasteiger partial charge in [0.05, 0.1) is 25.4 Å². The standard InChI is InChI=1S/C17H31N3O.C11H21NO3/c1-3-7-15(8-4-1)18-17(20-11-13-21-14-12-20)19-16-9-5-2-6-10-16;1-4-11(2,3)15-10(14)12-7-5-9(13)6-8-12/h15-16H,1-14H2,(H,18,19);9,13H,4-8H2,1-3H3. The molecule has 2 N–H and O–H groups in total. The summed E-state index contributed by atoms with van der Waals surface area (Å²) in [5.74, 6) is 1.18. The van der Waals surface area contributed by atoms with Gasteiger partial charge in [0.25, 0.3) is 0 Å². The van der Waals surface area contributed by atoms with Crippen LogP contribution in [-0.2, 0) is 9.47 Å². The van der Waals surface area contributed by atoms with Gasteiger partial charge in [0.1, 0.15) is 5.60 Å². The first-order valence-electron chi connectivity index (χ1n) is 14.7. The normalized spacial score (nSPS) is 23.6. The fourth-order valence-corrected chi connectivity index (χ4v) is 5.22. The summed E-state index contributed by atoms with van der Waals surface area (Å²) in [4.78, 5) is 20.9. The van der Waals surface area contributed by atoms with Crippen molar-refractivity contribution in [3.05, 3.63) is 0 Å². The van der Waals surface area contributed by atoms with Crippen LogP contribution in [0.4, 0.5) is 4.79 Å². The number of rotatable bonds is 4. The van der Waals surface area contributed by atoms with Crippen LogP contribution in [0.3, 0.4) is 0 Å². The van der Waals surface area contributed by atoms with E-state index in [4.69, 9.17) is 14.5 Å². The van der Waals surface area contributed by atoms with E-state index in [0.29, 0.717) is 38.0 Å². The SMILES string of the molecule is C1CCC(N=C(NC2CCCCC2)N2CCOCC2)CC1.CCC(C)(C)OC(=O)N1CCC(O)CC1. The van der Waals surface area contributed by atoms with Gasteiger partial charge in [0.15, 0.2) is 5.96 Å². The molecule has 0 spiro atoms. The second-order valence-corrected chi connectivity index (χ2v) is 11.5. The Morgan fingerprint density at radius 3 is 2.08 bits per heavy atom. The van der Waals surface area contributed by atoms with Gasteiger partial charge in [-0.3, -0.25) is 0 Å². The molecule has 0 radical (unpaired) electrons. The third-order valence-electron chi connectivity index (χ3n) is 8.07. The monoisotopic (exact) mass is 508 g/mol. The van der Waals surface area contributed by atoms with Gasteiger partial charge >= 0.3 is 6.09 Å². The zero-order chi connectivity index (χ0) is 25.8. The summed E-state index contributed by atoms with van der Waals surface area (Å²) in [6, 6.07) is 1.19. The second kappa shape index (κ2) is 15.0. The molecule has 2 saturated heterocycles. The Morgan fingerprint density at radius 1 is 0.917 bits per heavy atom. The van der Waals surface area contributed by atoms with E-state index in [-0.39, 0.29) is 12.2 Å². The Labute approximate surface area is 219 Å². The first-order chi connectivity index (χ1) is 17.4. The van der Waals surface area contributed by atoms with Gasteiger partial charge in [0.2, 0.25) is 0 Å². The number of hydrogen-bond donors (Lipinski definition) is 2. The van der Waals surface area contributed by atoms with Crippen LogP contribution >= 0.6 is 0 Å². The Bertz CT molecular complexity index is 660. The molecule has 0 bridgehead atoms. The topological polar surface area (TPSA) is 86.6 Å². The summed E-state index contributed by atoms with van der Waals surface area (Å²) in [5.41, 5.74) is -0.396. The molecule has 36 heavy (non-hydrogen) atoms. The highest BCUT2D eigenvalue weighted by atomic mass is 16.6. The summed E-state index contributed by atoms with van der Waals surface area (Å²) in [7, 11) is 0. The van der Waals surface area contributed by atoms with E-state index in [9.17, 15) is 9.90 Å². The van der Waals surface area contributed by atoms with Crippen LogP contribution < -0.4 is 5.32 Å². The van der Waals surface area contributed by atoms with Gasteiger partial charge in [0, 0.05) is 32.2 Å². The number of likely N-dealkylation sites (tertiary alicyclic amines) is 1. The molecule has 2 aliphatic heterocycles. The number of aliphatic imine (C=N–C) groups is 1. The molecular weight excluding hydrogens is 456 g/mol. The minimum Gasteiger partial charge on any atom is -0.443 e. The zero-order valence-electron chi connectivity index (χ0n) is 23.2. The van der Waals surface area contributed by atoms with Gasteiger partial charge in [-0.2, -0.15) is 0 Å². The van der Waals surface area contributed by atoms with Crippen molar-refractivity contribution >= 4 is 12.1 Å². The fourth-order valence-electron chi connectivity index (χ4n) is 5.22. The molecular formula is C28H52N4O4. The second-order valence-electron chi connectivity index (χ2n) is 11.5. The number of amides is 1. The Balaban J connectivity index is 0.000000214. The number of morpholine rings is 1. The first-order valence-corrected chi connectivity index (χ1v) is 14.7. The molecule has 4 rings (SSSR count). The average molecular weight is 509 g/mol. The lowest BCUT2D eigenvalue weighted by molar-refractivity contribution is -0.000749. The quantitative estimate of drug-likeness (QED) is 0.423. The van der Waals surface area contributed by atoms with E-state index in [2.05, 4.69) is 10.2 Å². The summed E-state index contributed by atoms with van der Waals surface area (Å²) in [6.45, 7) is 10.7. The van der Waals surface area contributed by atoms with Crippen molar-refractivity contribution in [2.75, 3.05) is 39.4 Å². The van der Waals surface area contributed by atoms with Crippen LogP contribution in [0.1, 0.15) is 104 Å². The highest BCUT2D eigenvalue weighted by Gasteiger charge is 2.27. The number of carbonyl (C=O) groups excluding carboxylic acids is 1. The molecule has 8 nitrogen and oxygen atoms in total. The van der Waals surface area contributed by atoms with Crippen LogP contribution in [0.2, 0.25) is 0 Å². The Kier molecular flexibility index (Phi) is 12.1.